The monoisotopic (exact) mass is 1390 g/mol. The normalized spacial score (nSPS) is 12.2. The van der Waals surface area contributed by atoms with Gasteiger partial charge in [0.15, 0.2) is 11.6 Å². The highest BCUT2D eigenvalue weighted by molar-refractivity contribution is 6.11. The number of anilines is 2. The molecule has 0 aliphatic rings. The molecule has 0 radical (unpaired) electrons. The Morgan fingerprint density at radius 3 is 0.796 bits per heavy atom. The molecule has 2 atom stereocenters. The maximum Gasteiger partial charge on any atom is 0.258 e. The molecule has 0 bridgehead atoms. The molecule has 31 heteroatoms. The van der Waals surface area contributed by atoms with Crippen molar-refractivity contribution in [2.45, 2.75) is 46.2 Å². The highest BCUT2D eigenvalue weighted by Gasteiger charge is 2.26. The van der Waals surface area contributed by atoms with Crippen LogP contribution in [0.15, 0.2) is 81.1 Å². The van der Waals surface area contributed by atoms with Crippen LogP contribution in [0, 0.1) is 13.8 Å². The molecule has 0 heterocycles. The van der Waals surface area contributed by atoms with Crippen molar-refractivity contribution in [1.29, 1.82) is 0 Å². The van der Waals surface area contributed by atoms with Gasteiger partial charge in [0.25, 0.3) is 11.8 Å². The van der Waals surface area contributed by atoms with E-state index in [-0.39, 0.29) is 19.8 Å². The van der Waals surface area contributed by atoms with Gasteiger partial charge in [-0.05, 0) is 99.5 Å². The predicted octanol–water partition coefficient (Wildman–Crippen LogP) is 5.08. The van der Waals surface area contributed by atoms with E-state index in [1.165, 1.54) is 13.8 Å². The largest absolute Gasteiger partial charge is 0.494 e. The number of nitrogens with zero attached hydrogens (tertiary/aromatic N) is 4. The maximum absolute atomic E-state index is 13.4. The molecule has 4 N–H and O–H groups in total. The second-order valence-electron chi connectivity index (χ2n) is 20.8. The Bertz CT molecular complexity index is 2540. The lowest BCUT2D eigenvalue weighted by atomic mass is 10.1. The van der Waals surface area contributed by atoms with Gasteiger partial charge in [0.05, 0.1) is 249 Å². The number of ether oxygens (including phenoxy) is 19. The number of carbonyl (C=O) groups excluding carboxylic acids is 4. The first-order valence-electron chi connectivity index (χ1n) is 33.1. The molecule has 0 fully saturated rings. The van der Waals surface area contributed by atoms with E-state index in [4.69, 9.17) is 100 Å². The van der Waals surface area contributed by atoms with Crippen LogP contribution < -0.4 is 20.1 Å². The van der Waals surface area contributed by atoms with Crippen LogP contribution in [-0.4, -0.2) is 297 Å². The zero-order chi connectivity index (χ0) is 70.4. The summed E-state index contributed by atoms with van der Waals surface area (Å²) in [7, 11) is 0. The molecule has 31 nitrogen and oxygen atoms in total. The van der Waals surface area contributed by atoms with Crippen molar-refractivity contribution in [3.63, 3.8) is 0 Å². The number of hydrogen-bond donors (Lipinski definition) is 4. The quantitative estimate of drug-likeness (QED) is 0.0325. The zero-order valence-corrected chi connectivity index (χ0v) is 57.6. The van der Waals surface area contributed by atoms with Crippen molar-refractivity contribution in [1.82, 2.24) is 0 Å². The molecule has 0 saturated heterocycles. The number of carbonyl (C=O) groups is 4. The van der Waals surface area contributed by atoms with Gasteiger partial charge in [0.2, 0.25) is 12.1 Å². The number of aryl methyl sites for hydroxylation is 2. The second kappa shape index (κ2) is 60.9. The van der Waals surface area contributed by atoms with E-state index in [2.05, 4.69) is 31.1 Å². The summed E-state index contributed by atoms with van der Waals surface area (Å²) in [5.74, 6) is -1.31. The van der Waals surface area contributed by atoms with E-state index >= 15 is 0 Å². The van der Waals surface area contributed by atoms with Crippen molar-refractivity contribution in [3.05, 3.63) is 71.8 Å². The average Bonchev–Trinajstić information content (AvgIpc) is 0.855. The van der Waals surface area contributed by atoms with Gasteiger partial charge >= 0.3 is 0 Å². The van der Waals surface area contributed by atoms with Gasteiger partial charge < -0.3 is 111 Å². The van der Waals surface area contributed by atoms with Crippen LogP contribution in [0.5, 0.6) is 11.5 Å². The van der Waals surface area contributed by atoms with E-state index in [0.717, 1.165) is 0 Å². The number of rotatable bonds is 68. The number of aliphatic hydroxyl groups is 2. The molecule has 0 aromatic heterocycles. The van der Waals surface area contributed by atoms with E-state index < -0.39 is 35.5 Å². The van der Waals surface area contributed by atoms with Crippen molar-refractivity contribution < 1.29 is 119 Å². The smallest absolute Gasteiger partial charge is 0.258 e. The Labute approximate surface area is 575 Å². The predicted molar refractivity (Wildman–Crippen MR) is 358 cm³/mol. The van der Waals surface area contributed by atoms with E-state index in [9.17, 15) is 19.2 Å². The van der Waals surface area contributed by atoms with Gasteiger partial charge in [0, 0.05) is 24.4 Å². The minimum atomic E-state index is -1.45. The van der Waals surface area contributed by atoms with Crippen LogP contribution in [0.3, 0.4) is 0 Å². The minimum absolute atomic E-state index is 0.00237. The molecule has 2 unspecified atom stereocenters. The van der Waals surface area contributed by atoms with Crippen molar-refractivity contribution >= 4 is 46.1 Å². The fourth-order valence-corrected chi connectivity index (χ4v) is 7.79. The van der Waals surface area contributed by atoms with Crippen LogP contribution >= 0.6 is 0 Å². The number of Topliss-reactive ketones (excluding diaryl/α,β-unsaturated/α-hetero) is 2. The van der Waals surface area contributed by atoms with Gasteiger partial charge in [-0.15, -0.1) is 0 Å². The molecular weight excluding hydrogens is 1290 g/mol. The number of nitrogens with one attached hydrogen (secondary N) is 2. The molecule has 3 aromatic rings. The topological polar surface area (TPSA) is 358 Å². The summed E-state index contributed by atoms with van der Waals surface area (Å²) in [5.41, 5.74) is 2.66. The maximum atomic E-state index is 13.4. The molecule has 3 aromatic carbocycles. The van der Waals surface area contributed by atoms with Gasteiger partial charge in [-0.1, -0.05) is 0 Å². The first-order chi connectivity index (χ1) is 48.0. The van der Waals surface area contributed by atoms with Gasteiger partial charge in [-0.3, -0.25) is 19.2 Å². The SMILES string of the molecule is CC(=O)C(N=Nc1ccc(OCCCOCCOCCOCCOCCOCCOCCOCCOCCO)cc1)C(=O)Nc1cc(C)c(NC(=O)C(N=Nc2ccc(OCCOCCOCCOCCOCCOCCOCCOCCOCCOCCO)cc2)C(C)=O)cc1C. The Kier molecular flexibility index (Phi) is 53.6. The molecule has 0 spiro atoms. The average molecular weight is 1400 g/mol. The fourth-order valence-electron chi connectivity index (χ4n) is 7.79. The summed E-state index contributed by atoms with van der Waals surface area (Å²) < 4.78 is 104. The Hall–Kier alpha value is -6.02. The van der Waals surface area contributed by atoms with Crippen LogP contribution in [-0.2, 0) is 99.7 Å². The van der Waals surface area contributed by atoms with E-state index in [0.29, 0.717) is 283 Å². The standard InChI is InChI=1S/C67H106N6O25/c1-54-53-63(69-67(79)65(57(4)77)73-71-59-8-12-61(13-9-59)98-51-50-96-49-48-95-47-46-94-45-44-93-43-42-92-41-40-91-37-34-88-31-28-85-25-22-82-19-15-75)55(2)52-62(54)68-66(78)64(56(3)76)72-70-58-6-10-60(11-7-58)97-17-5-16-80-20-23-83-26-29-86-32-35-89-38-39-90-36-33-87-30-27-84-24-21-81-18-14-74/h6-13,52-53,64-65,74-75H,5,14-51H2,1-4H3,(H,68,78)(H,69,79). The number of ketones is 2. The van der Waals surface area contributed by atoms with Crippen molar-refractivity contribution in [2.75, 3.05) is 262 Å². The molecule has 0 aliphatic carbocycles. The lowest BCUT2D eigenvalue weighted by molar-refractivity contribution is -0.127. The van der Waals surface area contributed by atoms with E-state index in [1.807, 2.05) is 0 Å². The van der Waals surface area contributed by atoms with Crippen molar-refractivity contribution in [2.24, 2.45) is 20.5 Å². The summed E-state index contributed by atoms with van der Waals surface area (Å²) >= 11 is 0. The number of aliphatic hydroxyl groups excluding tert-OH is 2. The van der Waals surface area contributed by atoms with Gasteiger partial charge in [0.1, 0.15) is 18.1 Å². The van der Waals surface area contributed by atoms with Crippen molar-refractivity contribution in [3.8, 4) is 11.5 Å². The zero-order valence-electron chi connectivity index (χ0n) is 57.6. The summed E-state index contributed by atoms with van der Waals surface area (Å²) in [5, 5.41) is 39.2. The lowest BCUT2D eigenvalue weighted by Crippen LogP contribution is -2.32. The minimum Gasteiger partial charge on any atom is -0.494 e. The summed E-state index contributed by atoms with van der Waals surface area (Å²) in [6, 6.07) is 13.7. The Morgan fingerprint density at radius 2 is 0.551 bits per heavy atom. The van der Waals surface area contributed by atoms with Crippen LogP contribution in [0.2, 0.25) is 0 Å². The Balaban J connectivity index is 1.19. The third-order valence-corrected chi connectivity index (χ3v) is 12.9. The molecule has 0 saturated carbocycles. The third kappa shape index (κ3) is 46.3. The highest BCUT2D eigenvalue weighted by Crippen LogP contribution is 2.27. The number of benzene rings is 3. The Morgan fingerprint density at radius 1 is 0.327 bits per heavy atom. The molecule has 98 heavy (non-hydrogen) atoms. The van der Waals surface area contributed by atoms with Crippen LogP contribution in [0.1, 0.15) is 31.4 Å². The van der Waals surface area contributed by atoms with E-state index in [1.54, 1.807) is 74.5 Å². The fraction of sp³-hybridized carbons (Fsp3) is 0.672. The summed E-state index contributed by atoms with van der Waals surface area (Å²) in [6.07, 6.45) is 0.648. The molecular formula is C67H106N6O25. The lowest BCUT2D eigenvalue weighted by Gasteiger charge is -2.16. The first-order valence-corrected chi connectivity index (χ1v) is 33.1. The second-order valence-corrected chi connectivity index (χ2v) is 20.8. The highest BCUT2D eigenvalue weighted by atomic mass is 16.6. The van der Waals surface area contributed by atoms with Crippen LogP contribution in [0.25, 0.3) is 0 Å². The number of amides is 2. The summed E-state index contributed by atoms with van der Waals surface area (Å²) in [6.45, 7) is 21.5. The third-order valence-electron chi connectivity index (χ3n) is 12.9. The van der Waals surface area contributed by atoms with Gasteiger partial charge in [-0.25, -0.2) is 0 Å². The first kappa shape index (κ1) is 86.2. The van der Waals surface area contributed by atoms with Crippen LogP contribution in [0.4, 0.5) is 22.7 Å². The molecule has 3 rings (SSSR count). The molecule has 2 amide bonds. The molecule has 0 aliphatic heterocycles. The number of azo groups is 2. The van der Waals surface area contributed by atoms with Gasteiger partial charge in [-0.2, -0.15) is 20.5 Å². The number of hydrogen-bond acceptors (Lipinski definition) is 29. The molecule has 554 valence electrons. The summed E-state index contributed by atoms with van der Waals surface area (Å²) in [4.78, 5) is 52.1.